The largest absolute Gasteiger partial charge is 0.353 e. The fourth-order valence-electron chi connectivity index (χ4n) is 2.63. The normalized spacial score (nSPS) is 14.3. The van der Waals surface area contributed by atoms with E-state index < -0.39 is 10.0 Å². The van der Waals surface area contributed by atoms with Crippen molar-refractivity contribution in [2.24, 2.45) is 5.14 Å². The lowest BCUT2D eigenvalue weighted by atomic mass is 10.1. The van der Waals surface area contributed by atoms with Crippen molar-refractivity contribution in [2.45, 2.75) is 11.3 Å². The van der Waals surface area contributed by atoms with Crippen LogP contribution in [0.3, 0.4) is 0 Å². The smallest absolute Gasteiger partial charge is 0.254 e. The lowest BCUT2D eigenvalue weighted by Gasteiger charge is -2.31. The second kappa shape index (κ2) is 6.02. The van der Waals surface area contributed by atoms with Gasteiger partial charge in [-0.25, -0.2) is 13.6 Å². The number of hydrogen-bond donors (Lipinski definition) is 2. The minimum Gasteiger partial charge on any atom is -0.353 e. The highest BCUT2D eigenvalue weighted by Crippen LogP contribution is 2.23. The highest BCUT2D eigenvalue weighted by atomic mass is 32.2. The number of anilines is 1. The zero-order chi connectivity index (χ0) is 16.4. The Morgan fingerprint density at radius 2 is 1.91 bits per heavy atom. The molecule has 0 radical (unpaired) electrons. The summed E-state index contributed by atoms with van der Waals surface area (Å²) in [6.07, 6.45) is 0.646. The van der Waals surface area contributed by atoms with Gasteiger partial charge in [-0.3, -0.25) is 4.79 Å². The molecule has 0 atom stereocenters. The second-order valence-electron chi connectivity index (χ2n) is 5.39. The van der Waals surface area contributed by atoms with Crippen molar-refractivity contribution in [1.82, 2.24) is 5.32 Å². The molecule has 0 aliphatic carbocycles. The van der Waals surface area contributed by atoms with Gasteiger partial charge >= 0.3 is 0 Å². The number of nitrogens with two attached hydrogens (primary N) is 1. The molecule has 6 nitrogen and oxygen atoms in total. The molecule has 0 saturated heterocycles. The van der Waals surface area contributed by atoms with Crippen molar-refractivity contribution in [2.75, 3.05) is 18.1 Å². The fourth-order valence-corrected chi connectivity index (χ4v) is 3.21. The topological polar surface area (TPSA) is 92.5 Å². The molecule has 1 amide bonds. The number of para-hydroxylation sites is 1. The molecular formula is C16H17N3O3S. The number of nitrogens with zero attached hydrogens (tertiary/aromatic N) is 1. The lowest BCUT2D eigenvalue weighted by Crippen LogP contribution is -2.44. The van der Waals surface area contributed by atoms with Crippen LogP contribution in [0.1, 0.15) is 15.9 Å². The van der Waals surface area contributed by atoms with Crippen molar-refractivity contribution < 1.29 is 13.2 Å². The summed E-state index contributed by atoms with van der Waals surface area (Å²) in [6, 6.07) is 14.0. The molecule has 0 bridgehead atoms. The summed E-state index contributed by atoms with van der Waals surface area (Å²) in [6.45, 7) is 1.09. The summed E-state index contributed by atoms with van der Waals surface area (Å²) >= 11 is 0. The maximum absolute atomic E-state index is 11.8. The van der Waals surface area contributed by atoms with Gasteiger partial charge in [0, 0.05) is 6.54 Å². The van der Waals surface area contributed by atoms with Crippen molar-refractivity contribution in [3.05, 3.63) is 59.7 Å². The lowest BCUT2D eigenvalue weighted by molar-refractivity contribution is 0.0947. The molecule has 7 heteroatoms. The predicted molar refractivity (Wildman–Crippen MR) is 87.6 cm³/mol. The molecular weight excluding hydrogens is 314 g/mol. The fraction of sp³-hybridized carbons (Fsp3) is 0.188. The maximum Gasteiger partial charge on any atom is 0.254 e. The average Bonchev–Trinajstić information content (AvgIpc) is 2.54. The first-order valence-corrected chi connectivity index (χ1v) is 8.74. The van der Waals surface area contributed by atoms with E-state index in [2.05, 4.69) is 10.2 Å². The first-order valence-electron chi connectivity index (χ1n) is 7.19. The van der Waals surface area contributed by atoms with Gasteiger partial charge in [0.2, 0.25) is 10.0 Å². The first-order chi connectivity index (χ1) is 10.9. The molecule has 23 heavy (non-hydrogen) atoms. The minimum atomic E-state index is -3.70. The number of carbonyl (C=O) groups is 1. The van der Waals surface area contributed by atoms with E-state index in [9.17, 15) is 13.2 Å². The molecule has 2 aromatic carbocycles. The third-order valence-electron chi connectivity index (χ3n) is 3.82. The van der Waals surface area contributed by atoms with E-state index in [0.717, 1.165) is 11.3 Å². The molecule has 1 heterocycles. The van der Waals surface area contributed by atoms with Crippen LogP contribution < -0.4 is 15.4 Å². The van der Waals surface area contributed by atoms with Crippen LogP contribution in [0.15, 0.2) is 53.4 Å². The van der Waals surface area contributed by atoms with Crippen LogP contribution in [0, 0.1) is 0 Å². The Labute approximate surface area is 135 Å². The van der Waals surface area contributed by atoms with Gasteiger partial charge < -0.3 is 10.2 Å². The molecule has 1 aliphatic rings. The number of primary sulfonamides is 1. The Morgan fingerprint density at radius 1 is 1.13 bits per heavy atom. The SMILES string of the molecule is NS(=O)(=O)c1cccc(CCN2CNC(=O)c3ccccc32)c1. The number of amides is 1. The van der Waals surface area contributed by atoms with Crippen LogP contribution in [0.4, 0.5) is 5.69 Å². The van der Waals surface area contributed by atoms with Crippen molar-refractivity contribution in [3.63, 3.8) is 0 Å². The molecule has 0 fully saturated rings. The maximum atomic E-state index is 11.8. The van der Waals surface area contributed by atoms with E-state index in [1.807, 2.05) is 24.3 Å². The number of benzene rings is 2. The van der Waals surface area contributed by atoms with E-state index in [-0.39, 0.29) is 10.8 Å². The minimum absolute atomic E-state index is 0.0759. The van der Waals surface area contributed by atoms with E-state index in [1.165, 1.54) is 6.07 Å². The predicted octanol–water partition coefficient (Wildman–Crippen LogP) is 1.08. The van der Waals surface area contributed by atoms with Gasteiger partial charge in [0.15, 0.2) is 0 Å². The number of sulfonamides is 1. The van der Waals surface area contributed by atoms with Gasteiger partial charge in [0.05, 0.1) is 22.8 Å². The molecule has 0 aromatic heterocycles. The second-order valence-corrected chi connectivity index (χ2v) is 6.95. The van der Waals surface area contributed by atoms with Gasteiger partial charge in [-0.05, 0) is 36.2 Å². The molecule has 0 unspecified atom stereocenters. The van der Waals surface area contributed by atoms with Crippen LogP contribution in [0.5, 0.6) is 0 Å². The number of rotatable bonds is 4. The zero-order valence-corrected chi connectivity index (χ0v) is 13.2. The van der Waals surface area contributed by atoms with E-state index in [4.69, 9.17) is 5.14 Å². The van der Waals surface area contributed by atoms with Gasteiger partial charge in [0.1, 0.15) is 0 Å². The highest BCUT2D eigenvalue weighted by molar-refractivity contribution is 7.89. The third kappa shape index (κ3) is 3.35. The molecule has 0 spiro atoms. The summed E-state index contributed by atoms with van der Waals surface area (Å²) in [5, 5.41) is 7.99. The highest BCUT2D eigenvalue weighted by Gasteiger charge is 2.21. The quantitative estimate of drug-likeness (QED) is 0.877. The van der Waals surface area contributed by atoms with Crippen molar-refractivity contribution in [1.29, 1.82) is 0 Å². The van der Waals surface area contributed by atoms with Crippen LogP contribution in [0.2, 0.25) is 0 Å². The number of fused-ring (bicyclic) bond motifs is 1. The number of carbonyl (C=O) groups excluding carboxylic acids is 1. The van der Waals surface area contributed by atoms with Crippen molar-refractivity contribution >= 4 is 21.6 Å². The van der Waals surface area contributed by atoms with Gasteiger partial charge in [-0.1, -0.05) is 24.3 Å². The van der Waals surface area contributed by atoms with E-state index in [1.54, 1.807) is 18.2 Å². The Morgan fingerprint density at radius 3 is 2.70 bits per heavy atom. The van der Waals surface area contributed by atoms with Crippen molar-refractivity contribution in [3.8, 4) is 0 Å². The number of hydrogen-bond acceptors (Lipinski definition) is 4. The summed E-state index contributed by atoms with van der Waals surface area (Å²) in [4.78, 5) is 14.0. The van der Waals surface area contributed by atoms with Gasteiger partial charge in [0.25, 0.3) is 5.91 Å². The summed E-state index contributed by atoms with van der Waals surface area (Å²) in [5.74, 6) is -0.0759. The number of nitrogens with one attached hydrogen (secondary N) is 1. The zero-order valence-electron chi connectivity index (χ0n) is 12.4. The Balaban J connectivity index is 1.77. The molecule has 120 valence electrons. The Hall–Kier alpha value is -2.38. The monoisotopic (exact) mass is 331 g/mol. The standard InChI is InChI=1S/C16H17N3O3S/c17-23(21,22)13-5-3-4-12(10-13)8-9-19-11-18-16(20)14-6-1-2-7-15(14)19/h1-7,10H,8-9,11H2,(H,18,20)(H2,17,21,22). The van der Waals surface area contributed by atoms with Gasteiger partial charge in [-0.2, -0.15) is 0 Å². The molecule has 2 aromatic rings. The Kier molecular flexibility index (Phi) is 4.06. The third-order valence-corrected chi connectivity index (χ3v) is 4.73. The summed E-state index contributed by atoms with van der Waals surface area (Å²) < 4.78 is 22.8. The van der Waals surface area contributed by atoms with Gasteiger partial charge in [-0.15, -0.1) is 0 Å². The van der Waals surface area contributed by atoms with Crippen LogP contribution in [0.25, 0.3) is 0 Å². The molecule has 1 aliphatic heterocycles. The molecule has 3 N–H and O–H groups in total. The molecule has 0 saturated carbocycles. The summed E-state index contributed by atoms with van der Waals surface area (Å²) in [5.41, 5.74) is 2.42. The molecule has 3 rings (SSSR count). The van der Waals surface area contributed by atoms with E-state index in [0.29, 0.717) is 25.2 Å². The van der Waals surface area contributed by atoms with Crippen LogP contribution in [-0.2, 0) is 16.4 Å². The summed E-state index contributed by atoms with van der Waals surface area (Å²) in [7, 11) is -3.70. The van der Waals surface area contributed by atoms with E-state index >= 15 is 0 Å². The van der Waals surface area contributed by atoms with Crippen LogP contribution >= 0.6 is 0 Å². The average molecular weight is 331 g/mol. The van der Waals surface area contributed by atoms with Crippen LogP contribution in [-0.4, -0.2) is 27.5 Å². The Bertz CT molecular complexity index is 849. The first kappa shape index (κ1) is 15.5.